The molecule has 0 unspecified atom stereocenters. The van der Waals surface area contributed by atoms with Crippen molar-refractivity contribution in [2.75, 3.05) is 19.4 Å². The molecule has 6 heteroatoms. The standard InChI is InChI=1S/C11H15N3O3/c1-3-17-11(16)14(2)13-10(15)8-6-4-5-7-9(8)12/h4-7H,3,12H2,1-2H3,(H,13,15). The molecular formula is C11H15N3O3. The van der Waals surface area contributed by atoms with E-state index in [1.807, 2.05) is 0 Å². The monoisotopic (exact) mass is 237 g/mol. The van der Waals surface area contributed by atoms with E-state index in [2.05, 4.69) is 5.43 Å². The Labute approximate surface area is 99.3 Å². The van der Waals surface area contributed by atoms with Crippen LogP contribution in [0.15, 0.2) is 24.3 Å². The number of nitrogens with zero attached hydrogens (tertiary/aromatic N) is 1. The van der Waals surface area contributed by atoms with Crippen LogP contribution in [0.4, 0.5) is 10.5 Å². The number of nitrogen functional groups attached to an aromatic ring is 1. The maximum atomic E-state index is 11.7. The zero-order chi connectivity index (χ0) is 12.8. The van der Waals surface area contributed by atoms with Crippen LogP contribution in [-0.2, 0) is 4.74 Å². The van der Waals surface area contributed by atoms with Gasteiger partial charge >= 0.3 is 6.09 Å². The van der Waals surface area contributed by atoms with Crippen molar-refractivity contribution in [3.05, 3.63) is 29.8 Å². The summed E-state index contributed by atoms with van der Waals surface area (Å²) in [6, 6.07) is 6.60. The third kappa shape index (κ3) is 3.37. The van der Waals surface area contributed by atoms with Gasteiger partial charge < -0.3 is 10.5 Å². The maximum absolute atomic E-state index is 11.7. The smallest absolute Gasteiger partial charge is 0.428 e. The molecule has 0 spiro atoms. The van der Waals surface area contributed by atoms with Gasteiger partial charge in [0, 0.05) is 12.7 Å². The highest BCUT2D eigenvalue weighted by Crippen LogP contribution is 2.09. The number of ether oxygens (including phenoxy) is 1. The van der Waals surface area contributed by atoms with E-state index >= 15 is 0 Å². The van der Waals surface area contributed by atoms with E-state index in [0.717, 1.165) is 5.01 Å². The lowest BCUT2D eigenvalue weighted by Gasteiger charge is -2.17. The van der Waals surface area contributed by atoms with Gasteiger partial charge in [0.2, 0.25) is 0 Å². The fourth-order valence-electron chi connectivity index (χ4n) is 1.18. The first-order valence-electron chi connectivity index (χ1n) is 5.12. The first-order chi connectivity index (χ1) is 8.06. The molecule has 1 aromatic rings. The van der Waals surface area contributed by atoms with Crippen LogP contribution < -0.4 is 11.2 Å². The molecule has 0 aliphatic rings. The summed E-state index contributed by atoms with van der Waals surface area (Å²) in [4.78, 5) is 23.0. The van der Waals surface area contributed by atoms with E-state index < -0.39 is 12.0 Å². The van der Waals surface area contributed by atoms with Crippen molar-refractivity contribution in [1.29, 1.82) is 0 Å². The van der Waals surface area contributed by atoms with Crippen molar-refractivity contribution < 1.29 is 14.3 Å². The third-order valence-electron chi connectivity index (χ3n) is 2.02. The van der Waals surface area contributed by atoms with Crippen LogP contribution in [0, 0.1) is 0 Å². The Morgan fingerprint density at radius 1 is 1.41 bits per heavy atom. The summed E-state index contributed by atoms with van der Waals surface area (Å²) in [7, 11) is 1.40. The molecule has 0 aliphatic carbocycles. The Bertz CT molecular complexity index is 420. The first-order valence-corrected chi connectivity index (χ1v) is 5.12. The number of nitrogens with two attached hydrogens (primary N) is 1. The number of carbonyl (C=O) groups is 2. The molecule has 92 valence electrons. The topological polar surface area (TPSA) is 84.7 Å². The number of benzene rings is 1. The molecule has 0 radical (unpaired) electrons. The lowest BCUT2D eigenvalue weighted by molar-refractivity contribution is 0.0725. The maximum Gasteiger partial charge on any atom is 0.428 e. The molecule has 0 atom stereocenters. The fourth-order valence-corrected chi connectivity index (χ4v) is 1.18. The highest BCUT2D eigenvalue weighted by molar-refractivity contribution is 5.99. The summed E-state index contributed by atoms with van der Waals surface area (Å²) in [6.07, 6.45) is -0.629. The second-order valence-corrected chi connectivity index (χ2v) is 3.29. The van der Waals surface area contributed by atoms with Gasteiger partial charge in [0.15, 0.2) is 0 Å². The van der Waals surface area contributed by atoms with E-state index in [1.54, 1.807) is 31.2 Å². The van der Waals surface area contributed by atoms with Crippen molar-refractivity contribution in [1.82, 2.24) is 10.4 Å². The Kier molecular flexibility index (Phi) is 4.33. The van der Waals surface area contributed by atoms with Crippen molar-refractivity contribution in [3.63, 3.8) is 0 Å². The van der Waals surface area contributed by atoms with Crippen molar-refractivity contribution in [2.45, 2.75) is 6.92 Å². The molecule has 1 rings (SSSR count). The molecule has 1 aromatic carbocycles. The Balaban J connectivity index is 2.67. The number of para-hydroxylation sites is 1. The molecule has 0 aliphatic heterocycles. The molecule has 2 amide bonds. The molecule has 17 heavy (non-hydrogen) atoms. The van der Waals surface area contributed by atoms with E-state index in [4.69, 9.17) is 10.5 Å². The second-order valence-electron chi connectivity index (χ2n) is 3.29. The number of amides is 2. The molecular weight excluding hydrogens is 222 g/mol. The summed E-state index contributed by atoms with van der Waals surface area (Å²) < 4.78 is 4.71. The molecule has 6 nitrogen and oxygen atoms in total. The minimum atomic E-state index is -0.629. The van der Waals surface area contributed by atoms with E-state index in [9.17, 15) is 9.59 Å². The van der Waals surface area contributed by atoms with Crippen molar-refractivity contribution in [3.8, 4) is 0 Å². The van der Waals surface area contributed by atoms with E-state index in [1.165, 1.54) is 7.05 Å². The molecule has 0 saturated carbocycles. The minimum Gasteiger partial charge on any atom is -0.449 e. The first kappa shape index (κ1) is 12.8. The predicted molar refractivity (Wildman–Crippen MR) is 63.1 cm³/mol. The zero-order valence-electron chi connectivity index (χ0n) is 9.77. The van der Waals surface area contributed by atoms with Crippen LogP contribution in [0.2, 0.25) is 0 Å². The van der Waals surface area contributed by atoms with Crippen LogP contribution in [0.25, 0.3) is 0 Å². The fraction of sp³-hybridized carbons (Fsp3) is 0.273. The molecule has 0 aromatic heterocycles. The Hall–Kier alpha value is -2.24. The molecule has 0 bridgehead atoms. The lowest BCUT2D eigenvalue weighted by atomic mass is 10.2. The predicted octanol–water partition coefficient (Wildman–Crippen LogP) is 1.00. The molecule has 0 saturated heterocycles. The van der Waals surface area contributed by atoms with Gasteiger partial charge in [-0.05, 0) is 19.1 Å². The number of hydrogen-bond acceptors (Lipinski definition) is 4. The average molecular weight is 237 g/mol. The van der Waals surface area contributed by atoms with E-state index in [-0.39, 0.29) is 6.61 Å². The second kappa shape index (κ2) is 5.74. The number of rotatable bonds is 2. The average Bonchev–Trinajstić information content (AvgIpc) is 2.29. The number of hydrazine groups is 1. The van der Waals surface area contributed by atoms with E-state index in [0.29, 0.717) is 11.3 Å². The normalized spacial score (nSPS) is 9.53. The summed E-state index contributed by atoms with van der Waals surface area (Å²) in [5.74, 6) is -0.460. The quantitative estimate of drug-likeness (QED) is 0.593. The van der Waals surface area contributed by atoms with Crippen LogP contribution in [0.1, 0.15) is 17.3 Å². The molecule has 0 heterocycles. The van der Waals surface area contributed by atoms with Gasteiger partial charge in [-0.15, -0.1) is 0 Å². The highest BCUT2D eigenvalue weighted by Gasteiger charge is 2.15. The van der Waals surface area contributed by atoms with Gasteiger partial charge in [0.05, 0.1) is 12.2 Å². The van der Waals surface area contributed by atoms with Crippen LogP contribution in [-0.4, -0.2) is 30.7 Å². The van der Waals surface area contributed by atoms with Crippen LogP contribution in [0.5, 0.6) is 0 Å². The molecule has 3 N–H and O–H groups in total. The van der Waals surface area contributed by atoms with Gasteiger partial charge in [-0.3, -0.25) is 10.2 Å². The van der Waals surface area contributed by atoms with Gasteiger partial charge in [0.25, 0.3) is 5.91 Å². The summed E-state index contributed by atoms with van der Waals surface area (Å²) in [6.45, 7) is 1.93. The Morgan fingerprint density at radius 3 is 2.65 bits per heavy atom. The number of anilines is 1. The van der Waals surface area contributed by atoms with Crippen LogP contribution in [0.3, 0.4) is 0 Å². The van der Waals surface area contributed by atoms with Gasteiger partial charge in [-0.2, -0.15) is 0 Å². The highest BCUT2D eigenvalue weighted by atomic mass is 16.6. The molecule has 0 fully saturated rings. The SMILES string of the molecule is CCOC(=O)N(C)NC(=O)c1ccccc1N. The van der Waals surface area contributed by atoms with Crippen molar-refractivity contribution in [2.24, 2.45) is 0 Å². The third-order valence-corrected chi connectivity index (χ3v) is 2.02. The number of hydrogen-bond donors (Lipinski definition) is 2. The summed E-state index contributed by atoms with van der Waals surface area (Å²) >= 11 is 0. The van der Waals surface area contributed by atoms with Gasteiger partial charge in [-0.1, -0.05) is 12.1 Å². The number of nitrogens with one attached hydrogen (secondary N) is 1. The zero-order valence-corrected chi connectivity index (χ0v) is 9.77. The summed E-state index contributed by atoms with van der Waals surface area (Å²) in [5.41, 5.74) is 8.66. The van der Waals surface area contributed by atoms with Crippen molar-refractivity contribution >= 4 is 17.7 Å². The van der Waals surface area contributed by atoms with Gasteiger partial charge in [-0.25, -0.2) is 9.80 Å². The van der Waals surface area contributed by atoms with Crippen LogP contribution >= 0.6 is 0 Å². The largest absolute Gasteiger partial charge is 0.449 e. The minimum absolute atomic E-state index is 0.243. The lowest BCUT2D eigenvalue weighted by Crippen LogP contribution is -2.43. The number of carbonyl (C=O) groups excluding carboxylic acids is 2. The summed E-state index contributed by atoms with van der Waals surface area (Å²) in [5, 5.41) is 0.971. The van der Waals surface area contributed by atoms with Gasteiger partial charge in [0.1, 0.15) is 0 Å². The Morgan fingerprint density at radius 2 is 2.06 bits per heavy atom.